The lowest BCUT2D eigenvalue weighted by Gasteiger charge is -2.03. The Morgan fingerprint density at radius 2 is 2.13 bits per heavy atom. The minimum Gasteiger partial charge on any atom is -0.497 e. The van der Waals surface area contributed by atoms with Crippen molar-refractivity contribution in [2.75, 3.05) is 12.9 Å². The average molecular weight is 394 g/mol. The van der Waals surface area contributed by atoms with Gasteiger partial charge in [0.1, 0.15) is 17.3 Å². The van der Waals surface area contributed by atoms with Gasteiger partial charge in [0.05, 0.1) is 18.4 Å². The molecule has 1 aromatic heterocycles. The summed E-state index contributed by atoms with van der Waals surface area (Å²) >= 11 is 6.99. The summed E-state index contributed by atoms with van der Waals surface area (Å²) in [6, 6.07) is 7.98. The van der Waals surface area contributed by atoms with E-state index in [1.165, 1.54) is 0 Å². The summed E-state index contributed by atoms with van der Waals surface area (Å²) in [5, 5.41) is 8.78. The molecule has 0 saturated heterocycles. The number of rotatable bonds is 3. The van der Waals surface area contributed by atoms with Crippen molar-refractivity contribution in [3.05, 3.63) is 34.9 Å². The van der Waals surface area contributed by atoms with Gasteiger partial charge in [-0.15, -0.1) is 0 Å². The molecule has 0 amide bonds. The molecule has 118 valence electrons. The van der Waals surface area contributed by atoms with Crippen LogP contribution in [0.4, 0.5) is 0 Å². The normalized spacial score (nSPS) is 10.9. The molecule has 0 saturated carbocycles. The fourth-order valence-corrected chi connectivity index (χ4v) is 2.67. The van der Waals surface area contributed by atoms with Crippen molar-refractivity contribution in [2.45, 2.75) is 0 Å². The highest BCUT2D eigenvalue weighted by molar-refractivity contribution is 9.10. The van der Waals surface area contributed by atoms with Crippen LogP contribution in [0.15, 0.2) is 34.9 Å². The minimum absolute atomic E-state index is 0.0833. The molecule has 0 radical (unpaired) electrons. The standard InChI is InChI=1S/C13H8BrN3O.C2H4O2S/c1-18-7-2-3-8-9(14)6-17(11(8)4-7)12-5-10-13(15-10)16-12;3-2(4)1-5/h2-6H,1H3;5H,1H2,(H,3,4). The maximum atomic E-state index is 9.29. The minimum atomic E-state index is -0.881. The monoisotopic (exact) mass is 393 g/mol. The van der Waals surface area contributed by atoms with Crippen molar-refractivity contribution in [1.82, 2.24) is 14.5 Å². The Morgan fingerprint density at radius 1 is 1.39 bits per heavy atom. The zero-order chi connectivity index (χ0) is 16.6. The first-order valence-corrected chi connectivity index (χ1v) is 8.03. The van der Waals surface area contributed by atoms with Gasteiger partial charge in [-0.05, 0) is 28.1 Å². The molecule has 2 aliphatic rings. The maximum Gasteiger partial charge on any atom is 0.313 e. The number of hydrogen-bond donors (Lipinski definition) is 2. The van der Waals surface area contributed by atoms with Crippen LogP contribution in [0.2, 0.25) is 0 Å². The van der Waals surface area contributed by atoms with Gasteiger partial charge in [0.15, 0.2) is 5.82 Å². The van der Waals surface area contributed by atoms with Gasteiger partial charge >= 0.3 is 5.97 Å². The van der Waals surface area contributed by atoms with Gasteiger partial charge in [0.2, 0.25) is 0 Å². The number of benzene rings is 1. The van der Waals surface area contributed by atoms with E-state index in [2.05, 4.69) is 38.5 Å². The van der Waals surface area contributed by atoms with E-state index in [1.54, 1.807) is 7.11 Å². The van der Waals surface area contributed by atoms with E-state index in [0.717, 1.165) is 38.5 Å². The van der Waals surface area contributed by atoms with Gasteiger partial charge in [-0.3, -0.25) is 9.36 Å². The van der Waals surface area contributed by atoms with E-state index < -0.39 is 5.97 Å². The summed E-state index contributed by atoms with van der Waals surface area (Å²) < 4.78 is 8.36. The first kappa shape index (κ1) is 15.8. The molecule has 2 aliphatic heterocycles. The van der Waals surface area contributed by atoms with Crippen molar-refractivity contribution < 1.29 is 14.6 Å². The number of carboxylic acids is 1. The molecular formula is C15H12BrN3O3S. The fourth-order valence-electron chi connectivity index (χ4n) is 2.13. The second kappa shape index (κ2) is 6.21. The zero-order valence-corrected chi connectivity index (χ0v) is 14.5. The fraction of sp³-hybridized carbons (Fsp3) is 0.133. The van der Waals surface area contributed by atoms with Gasteiger partial charge < -0.3 is 9.84 Å². The Labute approximate surface area is 145 Å². The molecule has 4 rings (SSSR count). The lowest BCUT2D eigenvalue weighted by molar-refractivity contribution is -0.133. The van der Waals surface area contributed by atoms with E-state index in [4.69, 9.17) is 9.84 Å². The third-order valence-electron chi connectivity index (χ3n) is 3.24. The molecule has 0 aliphatic carbocycles. The summed E-state index contributed by atoms with van der Waals surface area (Å²) in [6.07, 6.45) is 2.02. The number of halogens is 1. The highest BCUT2D eigenvalue weighted by Crippen LogP contribution is 2.34. The van der Waals surface area contributed by atoms with Crippen LogP contribution < -0.4 is 4.74 Å². The predicted octanol–water partition coefficient (Wildman–Crippen LogP) is 3.17. The summed E-state index contributed by atoms with van der Waals surface area (Å²) in [5.41, 5.74) is 2.06. The SMILES string of the molecule is COc1ccc2c(Br)cn(-c3cc4nc-4n3)c2c1.O=C(O)CS. The second-order valence-corrected chi connectivity index (χ2v) is 5.89. The van der Waals surface area contributed by atoms with Crippen LogP contribution in [-0.4, -0.2) is 38.5 Å². The Morgan fingerprint density at radius 3 is 2.70 bits per heavy atom. The van der Waals surface area contributed by atoms with E-state index in [0.29, 0.717) is 0 Å². The van der Waals surface area contributed by atoms with Crippen LogP contribution in [0.25, 0.3) is 28.2 Å². The lowest BCUT2D eigenvalue weighted by atomic mass is 10.2. The number of nitrogens with zero attached hydrogens (tertiary/aromatic N) is 3. The van der Waals surface area contributed by atoms with E-state index >= 15 is 0 Å². The number of carbonyl (C=O) groups is 1. The van der Waals surface area contributed by atoms with Crippen LogP contribution in [0, 0.1) is 0 Å². The van der Waals surface area contributed by atoms with Crippen LogP contribution in [-0.2, 0) is 4.79 Å². The average Bonchev–Trinajstić information content (AvgIpc) is 3.02. The highest BCUT2D eigenvalue weighted by atomic mass is 79.9. The largest absolute Gasteiger partial charge is 0.497 e. The quantitative estimate of drug-likeness (QED) is 0.522. The third kappa shape index (κ3) is 3.18. The molecule has 3 heterocycles. The summed E-state index contributed by atoms with van der Waals surface area (Å²) in [5.74, 6) is 1.63. The molecule has 1 aromatic carbocycles. The van der Waals surface area contributed by atoms with Crippen molar-refractivity contribution in [2.24, 2.45) is 0 Å². The number of fused-ring (bicyclic) bond motifs is 2. The Kier molecular flexibility index (Phi) is 4.27. The topological polar surface area (TPSA) is 77.2 Å². The van der Waals surface area contributed by atoms with E-state index in [-0.39, 0.29) is 5.75 Å². The Hall–Kier alpha value is -2.06. The number of aliphatic carboxylic acids is 1. The molecule has 6 nitrogen and oxygen atoms in total. The first-order valence-electron chi connectivity index (χ1n) is 6.60. The van der Waals surface area contributed by atoms with Crippen LogP contribution in [0.3, 0.4) is 0 Å². The predicted molar refractivity (Wildman–Crippen MR) is 93.6 cm³/mol. The lowest BCUT2D eigenvalue weighted by Crippen LogP contribution is -1.92. The third-order valence-corrected chi connectivity index (χ3v) is 4.14. The van der Waals surface area contributed by atoms with E-state index in [9.17, 15) is 4.79 Å². The molecule has 0 unspecified atom stereocenters. The van der Waals surface area contributed by atoms with Crippen molar-refractivity contribution >= 4 is 45.4 Å². The van der Waals surface area contributed by atoms with Crippen LogP contribution in [0.5, 0.6) is 5.75 Å². The van der Waals surface area contributed by atoms with Gasteiger partial charge in [0, 0.05) is 28.2 Å². The van der Waals surface area contributed by atoms with Crippen LogP contribution >= 0.6 is 28.6 Å². The molecule has 2 aromatic rings. The van der Waals surface area contributed by atoms with Crippen molar-refractivity contribution in [3.63, 3.8) is 0 Å². The number of hydrogen-bond acceptors (Lipinski definition) is 5. The molecule has 0 spiro atoms. The first-order chi connectivity index (χ1) is 11.0. The van der Waals surface area contributed by atoms with Crippen molar-refractivity contribution in [3.8, 4) is 23.1 Å². The van der Waals surface area contributed by atoms with Crippen LogP contribution in [0.1, 0.15) is 0 Å². The number of methoxy groups -OCH3 is 1. The molecule has 0 atom stereocenters. The molecular weight excluding hydrogens is 382 g/mol. The Balaban J connectivity index is 0.000000276. The number of thiol groups is 1. The molecule has 0 fully saturated rings. The molecule has 1 N–H and O–H groups in total. The summed E-state index contributed by atoms with van der Waals surface area (Å²) in [6.45, 7) is 0. The van der Waals surface area contributed by atoms with Gasteiger partial charge in [-0.2, -0.15) is 12.6 Å². The molecule has 23 heavy (non-hydrogen) atoms. The maximum absolute atomic E-state index is 9.29. The van der Waals surface area contributed by atoms with Gasteiger partial charge in [-0.1, -0.05) is 0 Å². The van der Waals surface area contributed by atoms with Crippen molar-refractivity contribution in [1.29, 1.82) is 0 Å². The molecule has 8 heteroatoms. The number of carboxylic acid groups (broad SMARTS) is 1. The summed E-state index contributed by atoms with van der Waals surface area (Å²) in [7, 11) is 1.67. The highest BCUT2D eigenvalue weighted by Gasteiger charge is 2.21. The number of ether oxygens (including phenoxy) is 1. The number of aromatic nitrogens is 3. The van der Waals surface area contributed by atoms with Gasteiger partial charge in [-0.25, -0.2) is 9.97 Å². The van der Waals surface area contributed by atoms with Gasteiger partial charge in [0.25, 0.3) is 0 Å². The summed E-state index contributed by atoms with van der Waals surface area (Å²) in [4.78, 5) is 17.8. The Bertz CT molecular complexity index is 890. The van der Waals surface area contributed by atoms with E-state index in [1.807, 2.05) is 35.0 Å². The smallest absolute Gasteiger partial charge is 0.313 e. The zero-order valence-electron chi connectivity index (χ0n) is 12.0. The molecule has 0 bridgehead atoms. The second-order valence-electron chi connectivity index (χ2n) is 4.72.